The molecule has 3 rings (SSSR count). The van der Waals surface area contributed by atoms with Crippen molar-refractivity contribution in [3.05, 3.63) is 83.9 Å². The van der Waals surface area contributed by atoms with Crippen LogP contribution in [-0.4, -0.2) is 12.5 Å². The van der Waals surface area contributed by atoms with Crippen molar-refractivity contribution in [3.63, 3.8) is 0 Å². The highest BCUT2D eigenvalue weighted by Gasteiger charge is 2.36. The molecule has 1 amide bonds. The molecule has 8 heteroatoms. The van der Waals surface area contributed by atoms with E-state index in [1.54, 1.807) is 54.6 Å². The number of hydrogen-bond donors (Lipinski definition) is 2. The number of carbonyl (C=O) groups excluding carboxylic acids is 1. The third kappa shape index (κ3) is 7.04. The van der Waals surface area contributed by atoms with Crippen molar-refractivity contribution >= 4 is 17.3 Å². The van der Waals surface area contributed by atoms with Crippen LogP contribution < -0.4 is 10.6 Å². The van der Waals surface area contributed by atoms with E-state index in [0.717, 1.165) is 17.8 Å². The van der Waals surface area contributed by atoms with Crippen LogP contribution in [-0.2, 0) is 16.9 Å². The smallest absolute Gasteiger partial charge is 0.385 e. The van der Waals surface area contributed by atoms with E-state index in [0.29, 0.717) is 30.3 Å². The van der Waals surface area contributed by atoms with E-state index in [2.05, 4.69) is 10.6 Å². The lowest BCUT2D eigenvalue weighted by Crippen LogP contribution is -2.16. The highest BCUT2D eigenvalue weighted by molar-refractivity contribution is 5.89. The minimum Gasteiger partial charge on any atom is -0.385 e. The zero-order valence-corrected chi connectivity index (χ0v) is 18.6. The van der Waals surface area contributed by atoms with Crippen LogP contribution in [0, 0.1) is 0 Å². The van der Waals surface area contributed by atoms with Gasteiger partial charge in [-0.2, -0.15) is 13.2 Å². The Balaban J connectivity index is 1.65. The Morgan fingerprint density at radius 2 is 1.44 bits per heavy atom. The molecule has 0 aromatic heterocycles. The summed E-state index contributed by atoms with van der Waals surface area (Å²) >= 11 is 0. The van der Waals surface area contributed by atoms with Gasteiger partial charge in [0.1, 0.15) is 0 Å². The summed E-state index contributed by atoms with van der Waals surface area (Å²) in [5, 5.41) is 5.76. The van der Waals surface area contributed by atoms with Crippen molar-refractivity contribution in [2.75, 3.05) is 17.2 Å². The van der Waals surface area contributed by atoms with Gasteiger partial charge in [-0.25, -0.2) is 8.78 Å². The molecule has 3 nitrogen and oxygen atoms in total. The van der Waals surface area contributed by atoms with Gasteiger partial charge in [-0.05, 0) is 60.4 Å². The highest BCUT2D eigenvalue weighted by atomic mass is 19.4. The summed E-state index contributed by atoms with van der Waals surface area (Å²) in [4.78, 5) is 11.1. The molecular weight excluding hydrogens is 451 g/mol. The van der Waals surface area contributed by atoms with Crippen LogP contribution in [0.1, 0.15) is 37.3 Å². The molecule has 0 radical (unpaired) electrons. The molecule has 0 bridgehead atoms. The second-order valence-electron chi connectivity index (χ2n) is 8.01. The number of rotatable bonds is 9. The second kappa shape index (κ2) is 10.7. The molecule has 0 aliphatic heterocycles. The first-order valence-corrected chi connectivity index (χ1v) is 10.8. The number of anilines is 2. The standard InChI is InChI=1S/C26H25F5N2O/c1-18(34)33-24-11-7-10-23(17-24)32-13-6-5-12-25(27,28)21-14-20(19-8-3-2-4-9-19)15-22(16-21)26(29,30)31/h2-4,7-11,14-17,32H,5-6,12-13H2,1H3,(H,33,34). The molecule has 0 saturated heterocycles. The first-order chi connectivity index (χ1) is 16.0. The van der Waals surface area contributed by atoms with Gasteiger partial charge in [0, 0.05) is 36.8 Å². The predicted molar refractivity (Wildman–Crippen MR) is 124 cm³/mol. The summed E-state index contributed by atoms with van der Waals surface area (Å²) in [5.41, 5.74) is 0.148. The van der Waals surface area contributed by atoms with E-state index < -0.39 is 29.6 Å². The Labute approximate surface area is 195 Å². The minimum atomic E-state index is -4.73. The summed E-state index contributed by atoms with van der Waals surface area (Å²) < 4.78 is 70.0. The fraction of sp³-hybridized carbons (Fsp3) is 0.269. The zero-order valence-electron chi connectivity index (χ0n) is 18.6. The second-order valence-corrected chi connectivity index (χ2v) is 8.01. The molecule has 0 unspecified atom stereocenters. The molecule has 0 atom stereocenters. The van der Waals surface area contributed by atoms with E-state index >= 15 is 0 Å². The van der Waals surface area contributed by atoms with E-state index in [9.17, 15) is 26.7 Å². The molecule has 34 heavy (non-hydrogen) atoms. The van der Waals surface area contributed by atoms with Crippen LogP contribution in [0.3, 0.4) is 0 Å². The number of hydrogen-bond acceptors (Lipinski definition) is 2. The summed E-state index contributed by atoms with van der Waals surface area (Å²) in [6.45, 7) is 1.80. The Morgan fingerprint density at radius 3 is 2.12 bits per heavy atom. The van der Waals surface area contributed by atoms with Crippen molar-refractivity contribution in [3.8, 4) is 11.1 Å². The van der Waals surface area contributed by atoms with Crippen LogP contribution in [0.25, 0.3) is 11.1 Å². The van der Waals surface area contributed by atoms with Crippen molar-refractivity contribution in [1.29, 1.82) is 0 Å². The quantitative estimate of drug-likeness (QED) is 0.245. The van der Waals surface area contributed by atoms with Crippen LogP contribution in [0.5, 0.6) is 0 Å². The zero-order chi connectivity index (χ0) is 24.8. The van der Waals surface area contributed by atoms with E-state index in [4.69, 9.17) is 0 Å². The molecule has 0 spiro atoms. The maximum Gasteiger partial charge on any atom is 0.416 e. The SMILES string of the molecule is CC(=O)Nc1cccc(NCCCCC(F)(F)c2cc(-c3ccccc3)cc(C(F)(F)F)c2)c1. The maximum absolute atomic E-state index is 14.9. The first-order valence-electron chi connectivity index (χ1n) is 10.8. The molecular formula is C26H25F5N2O. The van der Waals surface area contributed by atoms with Crippen molar-refractivity contribution in [2.45, 2.75) is 38.3 Å². The monoisotopic (exact) mass is 476 g/mol. The molecule has 2 N–H and O–H groups in total. The van der Waals surface area contributed by atoms with Crippen LogP contribution in [0.15, 0.2) is 72.8 Å². The van der Waals surface area contributed by atoms with Gasteiger partial charge in [-0.1, -0.05) is 36.4 Å². The highest BCUT2D eigenvalue weighted by Crippen LogP contribution is 2.40. The van der Waals surface area contributed by atoms with Gasteiger partial charge in [-0.15, -0.1) is 0 Å². The summed E-state index contributed by atoms with van der Waals surface area (Å²) in [6, 6.07) is 17.7. The molecule has 3 aromatic carbocycles. The maximum atomic E-state index is 14.9. The Hall–Kier alpha value is -3.42. The summed E-state index contributed by atoms with van der Waals surface area (Å²) in [6.07, 6.45) is -4.80. The molecule has 0 fully saturated rings. The van der Waals surface area contributed by atoms with Crippen molar-refractivity contribution in [2.24, 2.45) is 0 Å². The third-order valence-corrected chi connectivity index (χ3v) is 5.22. The van der Waals surface area contributed by atoms with Crippen LogP contribution >= 0.6 is 0 Å². The van der Waals surface area contributed by atoms with E-state index in [-0.39, 0.29) is 17.9 Å². The molecule has 0 aliphatic rings. The average molecular weight is 476 g/mol. The summed E-state index contributed by atoms with van der Waals surface area (Å²) in [5.74, 6) is -3.61. The lowest BCUT2D eigenvalue weighted by molar-refractivity contribution is -0.137. The number of alkyl halides is 5. The minimum absolute atomic E-state index is 0.103. The van der Waals surface area contributed by atoms with Gasteiger partial charge in [0.2, 0.25) is 5.91 Å². The Kier molecular flexibility index (Phi) is 7.91. The number of carbonyl (C=O) groups is 1. The van der Waals surface area contributed by atoms with Crippen LogP contribution in [0.4, 0.5) is 33.3 Å². The number of nitrogens with one attached hydrogen (secondary N) is 2. The van der Waals surface area contributed by atoms with Crippen molar-refractivity contribution in [1.82, 2.24) is 0 Å². The number of unbranched alkanes of at least 4 members (excludes halogenated alkanes) is 1. The van der Waals surface area contributed by atoms with E-state index in [1.807, 2.05) is 0 Å². The molecule has 0 saturated carbocycles. The van der Waals surface area contributed by atoms with Gasteiger partial charge in [0.15, 0.2) is 0 Å². The molecule has 0 aliphatic carbocycles. The van der Waals surface area contributed by atoms with Gasteiger partial charge in [-0.3, -0.25) is 4.79 Å². The van der Waals surface area contributed by atoms with Gasteiger partial charge < -0.3 is 10.6 Å². The van der Waals surface area contributed by atoms with Gasteiger partial charge >= 0.3 is 6.18 Å². The lowest BCUT2D eigenvalue weighted by Gasteiger charge is -2.20. The molecule has 180 valence electrons. The van der Waals surface area contributed by atoms with Gasteiger partial charge in [0.25, 0.3) is 5.92 Å². The normalized spacial score (nSPS) is 11.8. The Morgan fingerprint density at radius 1 is 0.765 bits per heavy atom. The first kappa shape index (κ1) is 25.2. The van der Waals surface area contributed by atoms with E-state index in [1.165, 1.54) is 6.92 Å². The molecule has 3 aromatic rings. The fourth-order valence-electron chi connectivity index (χ4n) is 3.56. The largest absolute Gasteiger partial charge is 0.416 e. The predicted octanol–water partition coefficient (Wildman–Crippen LogP) is 7.71. The third-order valence-electron chi connectivity index (χ3n) is 5.22. The van der Waals surface area contributed by atoms with Crippen LogP contribution in [0.2, 0.25) is 0 Å². The lowest BCUT2D eigenvalue weighted by atomic mass is 9.94. The molecule has 0 heterocycles. The van der Waals surface area contributed by atoms with Crippen molar-refractivity contribution < 1.29 is 26.7 Å². The number of amides is 1. The fourth-order valence-corrected chi connectivity index (χ4v) is 3.56. The number of benzene rings is 3. The topological polar surface area (TPSA) is 41.1 Å². The van der Waals surface area contributed by atoms with Gasteiger partial charge in [0.05, 0.1) is 5.56 Å². The summed E-state index contributed by atoms with van der Waals surface area (Å²) in [7, 11) is 0. The average Bonchev–Trinajstić information content (AvgIpc) is 2.78. The Bertz CT molecular complexity index is 1110. The number of halogens is 5.